The molecule has 1 rings (SSSR count). The minimum Gasteiger partial charge on any atom is -0.391 e. The van der Waals surface area contributed by atoms with E-state index in [9.17, 15) is 4.79 Å². The first-order valence-corrected chi connectivity index (χ1v) is 7.40. The number of carbonyl (C=O) groups excluding carboxylic acids is 1. The van der Waals surface area contributed by atoms with E-state index in [1.807, 2.05) is 26.2 Å². The van der Waals surface area contributed by atoms with E-state index in [0.717, 1.165) is 5.56 Å². The van der Waals surface area contributed by atoms with Crippen LogP contribution < -0.4 is 11.1 Å². The zero-order chi connectivity index (χ0) is 13.9. The Morgan fingerprint density at radius 1 is 1.56 bits per heavy atom. The number of carbonyl (C=O) groups is 1. The van der Waals surface area contributed by atoms with Crippen molar-refractivity contribution >= 4 is 46.1 Å². The minimum atomic E-state index is -0.631. The Labute approximate surface area is 122 Å². The molecule has 0 saturated carbocycles. The number of hydrogen-bond donors (Lipinski definition) is 2. The van der Waals surface area contributed by atoms with Crippen molar-refractivity contribution in [2.24, 2.45) is 5.73 Å². The molecule has 3 N–H and O–H groups in total. The van der Waals surface area contributed by atoms with Gasteiger partial charge in [-0.2, -0.15) is 0 Å². The van der Waals surface area contributed by atoms with Crippen molar-refractivity contribution in [1.82, 2.24) is 5.32 Å². The summed E-state index contributed by atoms with van der Waals surface area (Å²) >= 11 is 12.5. The Kier molecular flexibility index (Phi) is 5.13. The highest BCUT2D eigenvalue weighted by molar-refractivity contribution is 7.80. The van der Waals surface area contributed by atoms with Crippen LogP contribution in [-0.2, 0) is 0 Å². The van der Waals surface area contributed by atoms with E-state index in [4.69, 9.17) is 29.6 Å². The van der Waals surface area contributed by atoms with Crippen LogP contribution in [0.5, 0.6) is 0 Å². The van der Waals surface area contributed by atoms with E-state index in [0.29, 0.717) is 27.7 Å². The third-order valence-corrected chi connectivity index (χ3v) is 5.22. The zero-order valence-electron chi connectivity index (χ0n) is 10.7. The summed E-state index contributed by atoms with van der Waals surface area (Å²) in [4.78, 5) is 13.0. The predicted octanol–water partition coefficient (Wildman–Crippen LogP) is 3.28. The number of rotatable bonds is 5. The maximum Gasteiger partial charge on any atom is 0.263 e. The molecule has 6 heteroatoms. The van der Waals surface area contributed by atoms with Gasteiger partial charge in [0.2, 0.25) is 0 Å². The van der Waals surface area contributed by atoms with Crippen molar-refractivity contribution < 1.29 is 4.79 Å². The highest BCUT2D eigenvalue weighted by Crippen LogP contribution is 2.28. The summed E-state index contributed by atoms with van der Waals surface area (Å²) < 4.78 is 0. The molecule has 0 spiro atoms. The lowest BCUT2D eigenvalue weighted by molar-refractivity contribution is 0.0924. The molecule has 0 radical (unpaired) electrons. The largest absolute Gasteiger partial charge is 0.391 e. The second kappa shape index (κ2) is 5.99. The quantitative estimate of drug-likeness (QED) is 0.821. The van der Waals surface area contributed by atoms with Gasteiger partial charge in [0.15, 0.2) is 0 Å². The van der Waals surface area contributed by atoms with Gasteiger partial charge in [-0.3, -0.25) is 4.79 Å². The van der Waals surface area contributed by atoms with Gasteiger partial charge in [-0.15, -0.1) is 11.3 Å². The van der Waals surface area contributed by atoms with Gasteiger partial charge in [0.05, 0.1) is 15.6 Å². The SMILES string of the molecule is CCC(CC)(NC(=O)c1scc(C)c1Cl)C(N)=S. The number of thiocarbonyl (C=S) groups is 1. The molecule has 0 aromatic carbocycles. The van der Waals surface area contributed by atoms with E-state index in [1.54, 1.807) is 0 Å². The molecule has 100 valence electrons. The van der Waals surface area contributed by atoms with Crippen LogP contribution in [0.4, 0.5) is 0 Å². The molecule has 0 unspecified atom stereocenters. The van der Waals surface area contributed by atoms with Crippen molar-refractivity contribution in [2.75, 3.05) is 0 Å². The van der Waals surface area contributed by atoms with Gasteiger partial charge in [0.1, 0.15) is 4.88 Å². The maximum atomic E-state index is 12.2. The number of nitrogens with one attached hydrogen (secondary N) is 1. The van der Waals surface area contributed by atoms with Crippen LogP contribution in [0.1, 0.15) is 41.9 Å². The standard InChI is InChI=1S/C12H17ClN2OS2/c1-4-12(5-2,11(14)17)15-10(16)9-8(13)7(3)6-18-9/h6H,4-5H2,1-3H3,(H2,14,17)(H,15,16). The van der Waals surface area contributed by atoms with Gasteiger partial charge >= 0.3 is 0 Å². The predicted molar refractivity (Wildman–Crippen MR) is 81.6 cm³/mol. The molecule has 0 saturated heterocycles. The van der Waals surface area contributed by atoms with Gasteiger partial charge in [0, 0.05) is 0 Å². The number of halogens is 1. The summed E-state index contributed by atoms with van der Waals surface area (Å²) in [5, 5.41) is 5.28. The van der Waals surface area contributed by atoms with E-state index in [2.05, 4.69) is 5.32 Å². The Bertz CT molecular complexity index is 467. The molecule has 0 bridgehead atoms. The summed E-state index contributed by atoms with van der Waals surface area (Å²) in [6.07, 6.45) is 1.32. The van der Waals surface area contributed by atoms with E-state index in [1.165, 1.54) is 11.3 Å². The topological polar surface area (TPSA) is 55.1 Å². The fourth-order valence-electron chi connectivity index (χ4n) is 1.69. The van der Waals surface area contributed by atoms with Gasteiger partial charge < -0.3 is 11.1 Å². The van der Waals surface area contributed by atoms with Crippen LogP contribution in [0.2, 0.25) is 5.02 Å². The lowest BCUT2D eigenvalue weighted by Gasteiger charge is -2.31. The smallest absolute Gasteiger partial charge is 0.263 e. The molecule has 0 aliphatic carbocycles. The lowest BCUT2D eigenvalue weighted by Crippen LogP contribution is -2.55. The average molecular weight is 305 g/mol. The van der Waals surface area contributed by atoms with Crippen molar-refractivity contribution in [1.29, 1.82) is 0 Å². The molecule has 18 heavy (non-hydrogen) atoms. The molecule has 0 aliphatic heterocycles. The fourth-order valence-corrected chi connectivity index (χ4v) is 3.21. The normalized spacial score (nSPS) is 11.3. The highest BCUT2D eigenvalue weighted by Gasteiger charge is 2.32. The van der Waals surface area contributed by atoms with Crippen molar-refractivity contribution in [3.05, 3.63) is 20.8 Å². The Hall–Kier alpha value is -0.650. The Morgan fingerprint density at radius 3 is 2.44 bits per heavy atom. The molecule has 3 nitrogen and oxygen atoms in total. The molecule has 0 atom stereocenters. The minimum absolute atomic E-state index is 0.213. The van der Waals surface area contributed by atoms with Crippen LogP contribution >= 0.6 is 35.2 Å². The van der Waals surface area contributed by atoms with Crippen LogP contribution in [0.15, 0.2) is 5.38 Å². The summed E-state index contributed by atoms with van der Waals surface area (Å²) in [5.74, 6) is -0.213. The second-order valence-electron chi connectivity index (χ2n) is 4.17. The first-order valence-electron chi connectivity index (χ1n) is 5.74. The molecule has 1 aromatic heterocycles. The summed E-state index contributed by atoms with van der Waals surface area (Å²) in [5.41, 5.74) is 6.02. The molecule has 1 heterocycles. The van der Waals surface area contributed by atoms with Gasteiger partial charge in [-0.25, -0.2) is 0 Å². The fraction of sp³-hybridized carbons (Fsp3) is 0.500. The first kappa shape index (κ1) is 15.4. The molecule has 0 fully saturated rings. The molecular weight excluding hydrogens is 288 g/mol. The van der Waals surface area contributed by atoms with E-state index in [-0.39, 0.29) is 5.91 Å². The number of hydrogen-bond acceptors (Lipinski definition) is 3. The zero-order valence-corrected chi connectivity index (χ0v) is 13.1. The molecule has 1 amide bonds. The van der Waals surface area contributed by atoms with Crippen molar-refractivity contribution in [2.45, 2.75) is 39.2 Å². The third kappa shape index (κ3) is 2.84. The lowest BCUT2D eigenvalue weighted by atomic mass is 9.92. The van der Waals surface area contributed by atoms with Gasteiger partial charge in [-0.05, 0) is 30.7 Å². The van der Waals surface area contributed by atoms with E-state index >= 15 is 0 Å². The Morgan fingerprint density at radius 2 is 2.11 bits per heavy atom. The highest BCUT2D eigenvalue weighted by atomic mass is 35.5. The molecule has 1 aromatic rings. The molecule has 0 aliphatic rings. The van der Waals surface area contributed by atoms with Crippen LogP contribution in [0.3, 0.4) is 0 Å². The number of aryl methyl sites for hydroxylation is 1. The van der Waals surface area contributed by atoms with Crippen LogP contribution in [-0.4, -0.2) is 16.4 Å². The number of amides is 1. The van der Waals surface area contributed by atoms with E-state index < -0.39 is 5.54 Å². The van der Waals surface area contributed by atoms with Crippen LogP contribution in [0, 0.1) is 6.92 Å². The van der Waals surface area contributed by atoms with Gasteiger partial charge in [0.25, 0.3) is 5.91 Å². The molecular formula is C12H17ClN2OS2. The number of thiophene rings is 1. The Balaban J connectivity index is 2.99. The van der Waals surface area contributed by atoms with Crippen molar-refractivity contribution in [3.8, 4) is 0 Å². The first-order chi connectivity index (χ1) is 8.38. The summed E-state index contributed by atoms with van der Waals surface area (Å²) in [7, 11) is 0. The van der Waals surface area contributed by atoms with Gasteiger partial charge in [-0.1, -0.05) is 37.7 Å². The summed E-state index contributed by atoms with van der Waals surface area (Å²) in [6.45, 7) is 5.77. The van der Waals surface area contributed by atoms with Crippen LogP contribution in [0.25, 0.3) is 0 Å². The summed E-state index contributed by atoms with van der Waals surface area (Å²) in [6, 6.07) is 0. The third-order valence-electron chi connectivity index (χ3n) is 3.14. The van der Waals surface area contributed by atoms with Crippen molar-refractivity contribution in [3.63, 3.8) is 0 Å². The maximum absolute atomic E-state index is 12.2. The second-order valence-corrected chi connectivity index (χ2v) is 5.87. The average Bonchev–Trinajstić information content (AvgIpc) is 2.66. The number of nitrogens with two attached hydrogens (primary N) is 1. The monoisotopic (exact) mass is 304 g/mol.